The van der Waals surface area contributed by atoms with Crippen LogP contribution >= 0.6 is 0 Å². The lowest BCUT2D eigenvalue weighted by molar-refractivity contribution is 0.0974. The van der Waals surface area contributed by atoms with E-state index in [2.05, 4.69) is 15.7 Å². The van der Waals surface area contributed by atoms with Crippen LogP contribution in [0.4, 0.5) is 15.4 Å². The van der Waals surface area contributed by atoms with Gasteiger partial charge in [0.15, 0.2) is 0 Å². The number of alkyl carbamates (subject to hydrolysis) is 1. The average Bonchev–Trinajstić information content (AvgIpc) is 3.12. The third-order valence-electron chi connectivity index (χ3n) is 4.65. The fraction of sp³-hybridized carbons (Fsp3) is 0.722. The molecule has 1 aliphatic rings. The summed E-state index contributed by atoms with van der Waals surface area (Å²) in [6, 6.07) is 1.87. The minimum atomic E-state index is -1.11. The van der Waals surface area contributed by atoms with Gasteiger partial charge in [-0.25, -0.2) is 14.3 Å². The van der Waals surface area contributed by atoms with Gasteiger partial charge in [-0.15, -0.1) is 0 Å². The summed E-state index contributed by atoms with van der Waals surface area (Å²) in [5.74, 6) is 0.605. The van der Waals surface area contributed by atoms with Crippen LogP contribution in [0.1, 0.15) is 71.9 Å². The first-order valence-electron chi connectivity index (χ1n) is 9.17. The van der Waals surface area contributed by atoms with Crippen molar-refractivity contribution in [1.29, 1.82) is 0 Å². The van der Waals surface area contributed by atoms with E-state index in [1.807, 2.05) is 34.6 Å². The summed E-state index contributed by atoms with van der Waals surface area (Å²) in [5.41, 5.74) is 0.484. The number of rotatable bonds is 5. The zero-order valence-electron chi connectivity index (χ0n) is 16.2. The average molecular weight is 366 g/mol. The molecule has 8 nitrogen and oxygen atoms in total. The van der Waals surface area contributed by atoms with Crippen LogP contribution in [0.25, 0.3) is 0 Å². The van der Waals surface area contributed by atoms with Crippen LogP contribution in [-0.2, 0) is 10.3 Å². The van der Waals surface area contributed by atoms with Crippen molar-refractivity contribution in [3.63, 3.8) is 0 Å². The van der Waals surface area contributed by atoms with E-state index in [0.717, 1.165) is 25.0 Å². The van der Waals surface area contributed by atoms with E-state index < -0.39 is 6.09 Å². The molecule has 146 valence electrons. The Kier molecular flexibility index (Phi) is 6.15. The molecule has 1 heterocycles. The molecule has 0 radical (unpaired) electrons. The number of amides is 2. The normalized spacial score (nSPS) is 21.3. The summed E-state index contributed by atoms with van der Waals surface area (Å²) in [6.45, 7) is 9.85. The number of carbonyl (C=O) groups is 2. The van der Waals surface area contributed by atoms with Crippen molar-refractivity contribution in [2.45, 2.75) is 83.9 Å². The lowest BCUT2D eigenvalue weighted by Gasteiger charge is -2.22. The largest absolute Gasteiger partial charge is 0.465 e. The van der Waals surface area contributed by atoms with Crippen LogP contribution in [0.5, 0.6) is 0 Å². The maximum absolute atomic E-state index is 11.9. The van der Waals surface area contributed by atoms with Gasteiger partial charge in [0.25, 0.3) is 0 Å². The van der Waals surface area contributed by atoms with Crippen molar-refractivity contribution >= 4 is 18.0 Å². The molecule has 3 N–H and O–H groups in total. The molecule has 2 rings (SSSR count). The fourth-order valence-corrected chi connectivity index (χ4v) is 3.11. The molecule has 1 aromatic heterocycles. The highest BCUT2D eigenvalue weighted by molar-refractivity contribution is 5.81. The van der Waals surface area contributed by atoms with Crippen molar-refractivity contribution < 1.29 is 19.4 Å². The summed E-state index contributed by atoms with van der Waals surface area (Å²) in [5, 5.41) is 18.9. The number of aromatic nitrogens is 2. The van der Waals surface area contributed by atoms with Crippen LogP contribution < -0.4 is 10.6 Å². The van der Waals surface area contributed by atoms with E-state index in [-0.39, 0.29) is 29.7 Å². The van der Waals surface area contributed by atoms with Gasteiger partial charge in [-0.2, -0.15) is 5.10 Å². The van der Waals surface area contributed by atoms with E-state index in [0.29, 0.717) is 12.2 Å². The van der Waals surface area contributed by atoms with Gasteiger partial charge in [0.05, 0.1) is 11.2 Å². The Bertz CT molecular complexity index is 650. The second-order valence-corrected chi connectivity index (χ2v) is 7.96. The Morgan fingerprint density at radius 1 is 1.42 bits per heavy atom. The van der Waals surface area contributed by atoms with E-state index >= 15 is 0 Å². The maximum atomic E-state index is 11.9. The first-order chi connectivity index (χ1) is 12.1. The molecule has 3 atom stereocenters. The molecule has 8 heteroatoms. The lowest BCUT2D eigenvalue weighted by atomic mass is 10.0. The quantitative estimate of drug-likeness (QED) is 0.733. The molecule has 1 aliphatic carbocycles. The highest BCUT2D eigenvalue weighted by Crippen LogP contribution is 2.37. The second-order valence-electron chi connectivity index (χ2n) is 7.96. The number of carbonyl (C=O) groups excluding carboxylic acids is 1. The minimum Gasteiger partial charge on any atom is -0.465 e. The van der Waals surface area contributed by atoms with Crippen molar-refractivity contribution in [1.82, 2.24) is 15.1 Å². The highest BCUT2D eigenvalue weighted by atomic mass is 16.6. The van der Waals surface area contributed by atoms with E-state index in [4.69, 9.17) is 9.84 Å². The Morgan fingerprint density at radius 3 is 2.69 bits per heavy atom. The lowest BCUT2D eigenvalue weighted by Crippen LogP contribution is -2.34. The molecule has 0 aromatic carbocycles. The van der Waals surface area contributed by atoms with Gasteiger partial charge < -0.3 is 15.2 Å². The number of hydrogen-bond acceptors (Lipinski definition) is 4. The Morgan fingerprint density at radius 2 is 2.12 bits per heavy atom. The van der Waals surface area contributed by atoms with Gasteiger partial charge in [0.1, 0.15) is 11.9 Å². The second kappa shape index (κ2) is 7.97. The number of ether oxygens (including phenoxy) is 1. The number of anilines is 1. The van der Waals surface area contributed by atoms with Gasteiger partial charge in [0, 0.05) is 18.0 Å². The summed E-state index contributed by atoms with van der Waals surface area (Å²) in [4.78, 5) is 22.9. The Hall–Kier alpha value is -2.25. The van der Waals surface area contributed by atoms with Crippen LogP contribution in [0.15, 0.2) is 6.07 Å². The van der Waals surface area contributed by atoms with Gasteiger partial charge in [-0.05, 0) is 53.4 Å². The van der Waals surface area contributed by atoms with E-state index in [1.165, 1.54) is 0 Å². The molecule has 0 unspecified atom stereocenters. The van der Waals surface area contributed by atoms with Crippen LogP contribution in [0.3, 0.4) is 0 Å². The third-order valence-corrected chi connectivity index (χ3v) is 4.65. The SMILES string of the molecule is CC[C@H](C)NC(=O)O[C@@H]1CC[C@H](c2cc(NC(=O)O)n(C(C)(C)C)n2)C1. The van der Waals surface area contributed by atoms with Gasteiger partial charge in [-0.1, -0.05) is 6.92 Å². The third kappa shape index (κ3) is 5.12. The molecule has 1 saturated carbocycles. The molecule has 0 spiro atoms. The summed E-state index contributed by atoms with van der Waals surface area (Å²) < 4.78 is 7.20. The number of hydrogen-bond donors (Lipinski definition) is 3. The molecular weight excluding hydrogens is 336 g/mol. The molecule has 1 fully saturated rings. The molecule has 2 amide bonds. The summed E-state index contributed by atoms with van der Waals surface area (Å²) >= 11 is 0. The maximum Gasteiger partial charge on any atom is 0.410 e. The Labute approximate surface area is 154 Å². The number of nitrogens with zero attached hydrogens (tertiary/aromatic N) is 2. The first-order valence-corrected chi connectivity index (χ1v) is 9.17. The van der Waals surface area contributed by atoms with Crippen molar-refractivity contribution in [3.05, 3.63) is 11.8 Å². The molecule has 0 saturated heterocycles. The fourth-order valence-electron chi connectivity index (χ4n) is 3.11. The summed E-state index contributed by atoms with van der Waals surface area (Å²) in [6.07, 6.45) is 1.56. The molecule has 1 aromatic rings. The standard InChI is InChI=1S/C18H30N4O4/c1-6-11(2)19-17(25)26-13-8-7-12(9-13)14-10-15(20-16(23)24)22(21-14)18(3,4)5/h10-13,20H,6-9H2,1-5H3,(H,19,25)(H,23,24)/t11-,12-,13+/m0/s1. The van der Waals surface area contributed by atoms with Gasteiger partial charge in [-0.3, -0.25) is 5.32 Å². The van der Waals surface area contributed by atoms with Crippen LogP contribution in [0.2, 0.25) is 0 Å². The van der Waals surface area contributed by atoms with Gasteiger partial charge in [0.2, 0.25) is 0 Å². The van der Waals surface area contributed by atoms with Gasteiger partial charge >= 0.3 is 12.2 Å². The zero-order chi connectivity index (χ0) is 19.5. The van der Waals surface area contributed by atoms with Crippen LogP contribution in [0, 0.1) is 0 Å². The number of carboxylic acid groups (broad SMARTS) is 1. The molecular formula is C18H30N4O4. The molecule has 26 heavy (non-hydrogen) atoms. The highest BCUT2D eigenvalue weighted by Gasteiger charge is 2.32. The number of nitrogens with one attached hydrogen (secondary N) is 2. The smallest absolute Gasteiger partial charge is 0.410 e. The Balaban J connectivity index is 2.05. The van der Waals surface area contributed by atoms with E-state index in [9.17, 15) is 9.59 Å². The van der Waals surface area contributed by atoms with Crippen LogP contribution in [-0.4, -0.2) is 39.2 Å². The van der Waals surface area contributed by atoms with Crippen molar-refractivity contribution in [2.75, 3.05) is 5.32 Å². The minimum absolute atomic E-state index is 0.0897. The van der Waals surface area contributed by atoms with Crippen molar-refractivity contribution in [2.24, 2.45) is 0 Å². The first kappa shape index (κ1) is 20.1. The molecule has 0 bridgehead atoms. The molecule has 0 aliphatic heterocycles. The van der Waals surface area contributed by atoms with Crippen molar-refractivity contribution in [3.8, 4) is 0 Å². The predicted octanol–water partition coefficient (Wildman–Crippen LogP) is 3.89. The predicted molar refractivity (Wildman–Crippen MR) is 98.6 cm³/mol. The summed E-state index contributed by atoms with van der Waals surface area (Å²) in [7, 11) is 0. The van der Waals surface area contributed by atoms with E-state index in [1.54, 1.807) is 10.7 Å². The monoisotopic (exact) mass is 366 g/mol. The topological polar surface area (TPSA) is 105 Å². The zero-order valence-corrected chi connectivity index (χ0v) is 16.2.